The lowest BCUT2D eigenvalue weighted by Gasteiger charge is -2.05. The summed E-state index contributed by atoms with van der Waals surface area (Å²) >= 11 is 0. The van der Waals surface area contributed by atoms with E-state index in [0.717, 1.165) is 11.0 Å². The van der Waals surface area contributed by atoms with E-state index in [2.05, 4.69) is 4.98 Å². The van der Waals surface area contributed by atoms with Gasteiger partial charge in [0.1, 0.15) is 6.54 Å². The largest absolute Gasteiger partial charge is 0.468 e. The Labute approximate surface area is 109 Å². The summed E-state index contributed by atoms with van der Waals surface area (Å²) in [6.45, 7) is 0.104. The molecule has 3 aromatic rings. The van der Waals surface area contributed by atoms with Gasteiger partial charge in [0, 0.05) is 0 Å². The number of ether oxygens (including phenoxy) is 1. The number of carbonyl (C=O) groups excluding carboxylic acids is 1. The number of hydrogen-bond acceptors (Lipinski definition) is 4. The molecule has 0 radical (unpaired) electrons. The molecule has 0 fully saturated rings. The molecule has 0 N–H and O–H groups in total. The van der Waals surface area contributed by atoms with E-state index in [9.17, 15) is 4.79 Å². The molecule has 0 spiro atoms. The second kappa shape index (κ2) is 4.61. The van der Waals surface area contributed by atoms with Crippen molar-refractivity contribution in [3.05, 3.63) is 42.7 Å². The van der Waals surface area contributed by atoms with Crippen LogP contribution in [0, 0.1) is 0 Å². The minimum absolute atomic E-state index is 0.104. The Morgan fingerprint density at radius 2 is 2.16 bits per heavy atom. The van der Waals surface area contributed by atoms with E-state index in [1.165, 1.54) is 7.11 Å². The minimum atomic E-state index is -0.323. The van der Waals surface area contributed by atoms with E-state index < -0.39 is 0 Å². The summed E-state index contributed by atoms with van der Waals surface area (Å²) in [5.74, 6) is 0.924. The van der Waals surface area contributed by atoms with Gasteiger partial charge in [0.05, 0.1) is 24.4 Å². The van der Waals surface area contributed by atoms with Crippen molar-refractivity contribution in [2.45, 2.75) is 6.54 Å². The Morgan fingerprint density at radius 3 is 2.89 bits per heavy atom. The first-order chi connectivity index (χ1) is 9.29. The number of benzene rings is 1. The van der Waals surface area contributed by atoms with Crippen LogP contribution in [0.4, 0.5) is 0 Å². The zero-order valence-corrected chi connectivity index (χ0v) is 10.4. The number of rotatable bonds is 3. The van der Waals surface area contributed by atoms with E-state index in [1.54, 1.807) is 16.9 Å². The monoisotopic (exact) mass is 256 g/mol. The summed E-state index contributed by atoms with van der Waals surface area (Å²) < 4.78 is 11.9. The lowest BCUT2D eigenvalue weighted by atomic mass is 10.3. The topological polar surface area (TPSA) is 57.3 Å². The number of methoxy groups -OCH3 is 1. The maximum Gasteiger partial charge on any atom is 0.325 e. The Hall–Kier alpha value is -2.56. The predicted molar refractivity (Wildman–Crippen MR) is 69.5 cm³/mol. The van der Waals surface area contributed by atoms with Crippen molar-refractivity contribution in [1.82, 2.24) is 9.55 Å². The molecule has 0 unspecified atom stereocenters. The zero-order valence-electron chi connectivity index (χ0n) is 10.4. The van der Waals surface area contributed by atoms with E-state index in [0.29, 0.717) is 11.6 Å². The van der Waals surface area contributed by atoms with Gasteiger partial charge in [-0.3, -0.25) is 4.79 Å². The van der Waals surface area contributed by atoms with E-state index >= 15 is 0 Å². The molecule has 1 aromatic carbocycles. The van der Waals surface area contributed by atoms with Crippen molar-refractivity contribution in [3.63, 3.8) is 0 Å². The molecule has 19 heavy (non-hydrogen) atoms. The molecule has 5 heteroatoms. The standard InChI is InChI=1S/C14H12N2O3/c1-18-13(17)9-16-11-6-3-2-5-10(11)15-14(16)12-7-4-8-19-12/h2-8H,9H2,1H3. The van der Waals surface area contributed by atoms with Gasteiger partial charge < -0.3 is 13.7 Å². The number of aromatic nitrogens is 2. The Bertz CT molecular complexity index is 713. The first kappa shape index (κ1) is 11.5. The fraction of sp³-hybridized carbons (Fsp3) is 0.143. The second-order valence-corrected chi connectivity index (χ2v) is 4.06. The van der Waals surface area contributed by atoms with Gasteiger partial charge >= 0.3 is 5.97 Å². The lowest BCUT2D eigenvalue weighted by molar-refractivity contribution is -0.141. The molecule has 96 valence electrons. The molecule has 0 aliphatic heterocycles. The average Bonchev–Trinajstić information content (AvgIpc) is 3.06. The SMILES string of the molecule is COC(=O)Cn1c(-c2ccco2)nc2ccccc21. The van der Waals surface area contributed by atoms with E-state index in [-0.39, 0.29) is 12.5 Å². The maximum atomic E-state index is 11.5. The van der Waals surface area contributed by atoms with Crippen molar-refractivity contribution in [1.29, 1.82) is 0 Å². The number of carbonyl (C=O) groups is 1. The molecule has 0 saturated carbocycles. The summed E-state index contributed by atoms with van der Waals surface area (Å²) in [5, 5.41) is 0. The van der Waals surface area contributed by atoms with Crippen LogP contribution in [0.1, 0.15) is 0 Å². The van der Waals surface area contributed by atoms with Crippen LogP contribution < -0.4 is 0 Å². The molecule has 0 saturated heterocycles. The summed E-state index contributed by atoms with van der Waals surface area (Å²) in [5.41, 5.74) is 1.69. The number of esters is 1. The highest BCUT2D eigenvalue weighted by atomic mass is 16.5. The van der Waals surface area contributed by atoms with Crippen LogP contribution in [-0.2, 0) is 16.1 Å². The third kappa shape index (κ3) is 1.99. The Morgan fingerprint density at radius 1 is 1.32 bits per heavy atom. The zero-order chi connectivity index (χ0) is 13.2. The first-order valence-electron chi connectivity index (χ1n) is 5.85. The van der Waals surface area contributed by atoms with Gasteiger partial charge in [-0.25, -0.2) is 4.98 Å². The van der Waals surface area contributed by atoms with Crippen molar-refractivity contribution in [2.24, 2.45) is 0 Å². The number of para-hydroxylation sites is 2. The Kier molecular flexibility index (Phi) is 2.79. The van der Waals surface area contributed by atoms with Crippen LogP contribution in [0.2, 0.25) is 0 Å². The fourth-order valence-corrected chi connectivity index (χ4v) is 2.02. The van der Waals surface area contributed by atoms with Crippen LogP contribution in [-0.4, -0.2) is 22.6 Å². The Balaban J connectivity index is 2.19. The van der Waals surface area contributed by atoms with Gasteiger partial charge in [0.25, 0.3) is 0 Å². The van der Waals surface area contributed by atoms with Gasteiger partial charge in [-0.15, -0.1) is 0 Å². The van der Waals surface area contributed by atoms with Gasteiger partial charge in [-0.2, -0.15) is 0 Å². The molecular formula is C14H12N2O3. The molecule has 3 rings (SSSR count). The first-order valence-corrected chi connectivity index (χ1v) is 5.85. The van der Waals surface area contributed by atoms with E-state index in [1.807, 2.05) is 30.3 Å². The molecule has 0 bridgehead atoms. The quantitative estimate of drug-likeness (QED) is 0.675. The van der Waals surface area contributed by atoms with Crippen LogP contribution in [0.5, 0.6) is 0 Å². The van der Waals surface area contributed by atoms with Crippen LogP contribution in [0.15, 0.2) is 47.1 Å². The normalized spacial score (nSPS) is 10.8. The lowest BCUT2D eigenvalue weighted by Crippen LogP contribution is -2.12. The smallest absolute Gasteiger partial charge is 0.325 e. The van der Waals surface area contributed by atoms with Gasteiger partial charge in [0.2, 0.25) is 0 Å². The fourth-order valence-electron chi connectivity index (χ4n) is 2.02. The summed E-state index contributed by atoms with van der Waals surface area (Å²) in [6.07, 6.45) is 1.58. The van der Waals surface area contributed by atoms with Gasteiger partial charge in [-0.1, -0.05) is 12.1 Å². The number of fused-ring (bicyclic) bond motifs is 1. The van der Waals surface area contributed by atoms with Crippen molar-refractivity contribution < 1.29 is 13.9 Å². The molecule has 0 aliphatic carbocycles. The number of hydrogen-bond donors (Lipinski definition) is 0. The minimum Gasteiger partial charge on any atom is -0.468 e. The second-order valence-electron chi connectivity index (χ2n) is 4.06. The molecule has 2 aromatic heterocycles. The summed E-state index contributed by atoms with van der Waals surface area (Å²) in [6, 6.07) is 11.2. The summed E-state index contributed by atoms with van der Waals surface area (Å²) in [7, 11) is 1.37. The highest BCUT2D eigenvalue weighted by Gasteiger charge is 2.16. The highest BCUT2D eigenvalue weighted by Crippen LogP contribution is 2.25. The number of furan rings is 1. The van der Waals surface area contributed by atoms with Crippen molar-refractivity contribution in [3.8, 4) is 11.6 Å². The third-order valence-corrected chi connectivity index (χ3v) is 2.91. The van der Waals surface area contributed by atoms with Crippen LogP contribution in [0.3, 0.4) is 0 Å². The van der Waals surface area contributed by atoms with Crippen LogP contribution >= 0.6 is 0 Å². The van der Waals surface area contributed by atoms with E-state index in [4.69, 9.17) is 9.15 Å². The molecule has 0 aliphatic rings. The number of imidazole rings is 1. The molecule has 0 atom stereocenters. The molecular weight excluding hydrogens is 244 g/mol. The van der Waals surface area contributed by atoms with Gasteiger partial charge in [0.15, 0.2) is 11.6 Å². The molecule has 2 heterocycles. The predicted octanol–water partition coefficient (Wildman–Crippen LogP) is 2.47. The molecule has 0 amide bonds. The maximum absolute atomic E-state index is 11.5. The third-order valence-electron chi connectivity index (χ3n) is 2.91. The van der Waals surface area contributed by atoms with Crippen LogP contribution in [0.25, 0.3) is 22.6 Å². The summed E-state index contributed by atoms with van der Waals surface area (Å²) in [4.78, 5) is 16.0. The average molecular weight is 256 g/mol. The van der Waals surface area contributed by atoms with Crippen molar-refractivity contribution >= 4 is 17.0 Å². The molecule has 5 nitrogen and oxygen atoms in total. The van der Waals surface area contributed by atoms with Gasteiger partial charge in [-0.05, 0) is 24.3 Å². The van der Waals surface area contributed by atoms with Crippen molar-refractivity contribution in [2.75, 3.05) is 7.11 Å². The number of nitrogens with zero attached hydrogens (tertiary/aromatic N) is 2. The highest BCUT2D eigenvalue weighted by molar-refractivity contribution is 5.82.